The van der Waals surface area contributed by atoms with Gasteiger partial charge < -0.3 is 5.32 Å². The minimum Gasteiger partial charge on any atom is -0.362 e. The molecule has 0 aliphatic heterocycles. The van der Waals surface area contributed by atoms with Crippen molar-refractivity contribution < 1.29 is 4.79 Å². The largest absolute Gasteiger partial charge is 0.362 e. The Kier molecular flexibility index (Phi) is 4.51. The Morgan fingerprint density at radius 3 is 1.95 bits per heavy atom. The second-order valence-corrected chi connectivity index (χ2v) is 6.70. The molecule has 1 aromatic rings. The number of hydrogen-bond acceptors (Lipinski definition) is 2. The predicted molar refractivity (Wildman–Crippen MR) is 80.8 cm³/mol. The van der Waals surface area contributed by atoms with E-state index >= 15 is 0 Å². The molecule has 0 fully saturated rings. The van der Waals surface area contributed by atoms with Gasteiger partial charge in [-0.15, -0.1) is 0 Å². The Hall–Kier alpha value is -1.64. The van der Waals surface area contributed by atoms with Crippen LogP contribution < -0.4 is 5.32 Å². The van der Waals surface area contributed by atoms with Gasteiger partial charge in [0.1, 0.15) is 0 Å². The van der Waals surface area contributed by atoms with Crippen LogP contribution in [-0.4, -0.2) is 22.7 Å². The van der Waals surface area contributed by atoms with Crippen LogP contribution in [0.2, 0.25) is 0 Å². The van der Waals surface area contributed by atoms with E-state index in [0.29, 0.717) is 11.4 Å². The average Bonchev–Trinajstić information content (AvgIpc) is 2.24. The number of ketones is 1. The van der Waals surface area contributed by atoms with Crippen molar-refractivity contribution in [3.05, 3.63) is 35.9 Å². The molecule has 104 valence electrons. The van der Waals surface area contributed by atoms with Crippen molar-refractivity contribution in [3.63, 3.8) is 0 Å². The van der Waals surface area contributed by atoms with Crippen LogP contribution in [0, 0.1) is 0 Å². The molecule has 3 heteroatoms. The summed E-state index contributed by atoms with van der Waals surface area (Å²) < 4.78 is 0. The van der Waals surface area contributed by atoms with E-state index in [9.17, 15) is 4.79 Å². The molecule has 0 radical (unpaired) electrons. The van der Waals surface area contributed by atoms with Gasteiger partial charge in [0.05, 0.1) is 5.54 Å². The fourth-order valence-corrected chi connectivity index (χ4v) is 1.55. The number of hydrogen-bond donors (Lipinski definition) is 1. The van der Waals surface area contributed by atoms with E-state index in [4.69, 9.17) is 0 Å². The third-order valence-electron chi connectivity index (χ3n) is 2.19. The Morgan fingerprint density at radius 1 is 1.00 bits per heavy atom. The molecular weight excluding hydrogens is 236 g/mol. The number of aliphatic imine (C=N–C) groups is 1. The molecule has 0 saturated carbocycles. The predicted octanol–water partition coefficient (Wildman–Crippen LogP) is 3.45. The maximum absolute atomic E-state index is 12.5. The van der Waals surface area contributed by atoms with Gasteiger partial charge in [-0.1, -0.05) is 30.3 Å². The smallest absolute Gasteiger partial charge is 0.227 e. The molecule has 1 aromatic carbocycles. The van der Waals surface area contributed by atoms with Crippen LogP contribution in [-0.2, 0) is 0 Å². The summed E-state index contributed by atoms with van der Waals surface area (Å²) >= 11 is 0. The van der Waals surface area contributed by atoms with Crippen LogP contribution >= 0.6 is 0 Å². The van der Waals surface area contributed by atoms with E-state index in [0.717, 1.165) is 0 Å². The third kappa shape index (κ3) is 5.69. The Labute approximate surface area is 116 Å². The van der Waals surface area contributed by atoms with Crippen molar-refractivity contribution in [3.8, 4) is 0 Å². The van der Waals surface area contributed by atoms with E-state index in [1.807, 2.05) is 71.9 Å². The summed E-state index contributed by atoms with van der Waals surface area (Å²) in [6, 6.07) is 9.24. The zero-order valence-corrected chi connectivity index (χ0v) is 12.7. The molecule has 0 aromatic heterocycles. The van der Waals surface area contributed by atoms with Crippen LogP contribution in [0.5, 0.6) is 0 Å². The second-order valence-electron chi connectivity index (χ2n) is 6.70. The molecule has 1 N–H and O–H groups in total. The van der Waals surface area contributed by atoms with Crippen molar-refractivity contribution in [2.45, 2.75) is 52.6 Å². The lowest BCUT2D eigenvalue weighted by Gasteiger charge is -2.25. The molecule has 0 saturated heterocycles. The summed E-state index contributed by atoms with van der Waals surface area (Å²) in [6.07, 6.45) is 0. The summed E-state index contributed by atoms with van der Waals surface area (Å²) in [5.74, 6) is 0.358. The Bertz CT molecular complexity index is 462. The van der Waals surface area contributed by atoms with Crippen molar-refractivity contribution in [1.82, 2.24) is 5.32 Å². The van der Waals surface area contributed by atoms with Crippen molar-refractivity contribution >= 4 is 11.6 Å². The number of nitrogens with one attached hydrogen (secondary N) is 1. The van der Waals surface area contributed by atoms with Gasteiger partial charge in [0.2, 0.25) is 5.78 Å². The molecule has 0 bridgehead atoms. The molecule has 0 heterocycles. The second kappa shape index (κ2) is 5.55. The Balaban J connectivity index is 3.11. The van der Waals surface area contributed by atoms with E-state index < -0.39 is 0 Å². The molecule has 19 heavy (non-hydrogen) atoms. The lowest BCUT2D eigenvalue weighted by molar-refractivity contribution is 0.105. The SMILES string of the molecule is CC(C)(C)N=C(NC(C)(C)C)C(=O)c1ccccc1. The first kappa shape index (κ1) is 15.4. The van der Waals surface area contributed by atoms with Gasteiger partial charge >= 0.3 is 0 Å². The van der Waals surface area contributed by atoms with Crippen LogP contribution in [0.15, 0.2) is 35.3 Å². The minimum atomic E-state index is -0.294. The summed E-state index contributed by atoms with van der Waals surface area (Å²) in [6.45, 7) is 12.0. The summed E-state index contributed by atoms with van der Waals surface area (Å²) in [5, 5.41) is 3.21. The van der Waals surface area contributed by atoms with Gasteiger partial charge in [0.15, 0.2) is 5.84 Å². The van der Waals surface area contributed by atoms with Crippen LogP contribution in [0.1, 0.15) is 51.9 Å². The highest BCUT2D eigenvalue weighted by Crippen LogP contribution is 2.11. The van der Waals surface area contributed by atoms with Gasteiger partial charge in [-0.2, -0.15) is 0 Å². The van der Waals surface area contributed by atoms with E-state index in [2.05, 4.69) is 10.3 Å². The standard InChI is InChI=1S/C16H24N2O/c1-15(2,3)17-14(18-16(4,5)6)13(19)12-10-8-7-9-11-12/h7-11H,1-6H3,(H,17,18). The van der Waals surface area contributed by atoms with Crippen molar-refractivity contribution in [2.75, 3.05) is 0 Å². The monoisotopic (exact) mass is 260 g/mol. The molecule has 0 spiro atoms. The quantitative estimate of drug-likeness (QED) is 0.502. The van der Waals surface area contributed by atoms with E-state index in [1.54, 1.807) is 0 Å². The first-order chi connectivity index (χ1) is 8.58. The normalized spacial score (nSPS) is 13.3. The number of carbonyl (C=O) groups is 1. The molecule has 3 nitrogen and oxygen atoms in total. The molecule has 0 atom stereocenters. The zero-order valence-electron chi connectivity index (χ0n) is 12.7. The molecule has 0 aliphatic carbocycles. The van der Waals surface area contributed by atoms with Gasteiger partial charge in [0, 0.05) is 11.1 Å². The average molecular weight is 260 g/mol. The molecule has 0 unspecified atom stereocenters. The maximum atomic E-state index is 12.5. The van der Waals surface area contributed by atoms with Crippen LogP contribution in [0.3, 0.4) is 0 Å². The van der Waals surface area contributed by atoms with E-state index in [-0.39, 0.29) is 16.9 Å². The third-order valence-corrected chi connectivity index (χ3v) is 2.19. The number of amidine groups is 1. The highest BCUT2D eigenvalue weighted by Gasteiger charge is 2.22. The zero-order chi connectivity index (χ0) is 14.7. The summed E-state index contributed by atoms with van der Waals surface area (Å²) in [5.41, 5.74) is 0.161. The highest BCUT2D eigenvalue weighted by molar-refractivity contribution is 6.45. The maximum Gasteiger partial charge on any atom is 0.227 e. The molecule has 0 aliphatic rings. The van der Waals surface area contributed by atoms with Gasteiger partial charge in [-0.3, -0.25) is 9.79 Å². The van der Waals surface area contributed by atoms with Gasteiger partial charge in [-0.05, 0) is 41.5 Å². The van der Waals surface area contributed by atoms with Gasteiger partial charge in [0.25, 0.3) is 0 Å². The molecule has 0 amide bonds. The number of carbonyl (C=O) groups excluding carboxylic acids is 1. The lowest BCUT2D eigenvalue weighted by Crippen LogP contribution is -2.45. The number of rotatable bonds is 2. The number of Topliss-reactive ketones (excluding diaryl/α,β-unsaturated/α-hetero) is 1. The molecule has 1 rings (SSSR count). The van der Waals surface area contributed by atoms with E-state index in [1.165, 1.54) is 0 Å². The first-order valence-corrected chi connectivity index (χ1v) is 6.56. The lowest BCUT2D eigenvalue weighted by atomic mass is 10.0. The topological polar surface area (TPSA) is 41.5 Å². The van der Waals surface area contributed by atoms with Crippen LogP contribution in [0.25, 0.3) is 0 Å². The summed E-state index contributed by atoms with van der Waals surface area (Å²) in [4.78, 5) is 17.0. The molecular formula is C16H24N2O. The van der Waals surface area contributed by atoms with Crippen molar-refractivity contribution in [2.24, 2.45) is 4.99 Å². The fraction of sp³-hybridized carbons (Fsp3) is 0.500. The first-order valence-electron chi connectivity index (χ1n) is 6.56. The van der Waals surface area contributed by atoms with Gasteiger partial charge in [-0.25, -0.2) is 0 Å². The fourth-order valence-electron chi connectivity index (χ4n) is 1.55. The minimum absolute atomic E-state index is 0.0644. The highest BCUT2D eigenvalue weighted by atomic mass is 16.1. The van der Waals surface area contributed by atoms with Crippen molar-refractivity contribution in [1.29, 1.82) is 0 Å². The Morgan fingerprint density at radius 2 is 1.53 bits per heavy atom. The number of nitrogens with zero attached hydrogens (tertiary/aromatic N) is 1. The summed E-state index contributed by atoms with van der Waals surface area (Å²) in [7, 11) is 0. The number of benzene rings is 1. The van der Waals surface area contributed by atoms with Crippen LogP contribution in [0.4, 0.5) is 0 Å².